The van der Waals surface area contributed by atoms with E-state index in [0.29, 0.717) is 23.3 Å². The number of rotatable bonds is 17. The van der Waals surface area contributed by atoms with E-state index in [9.17, 15) is 4.79 Å². The molecule has 0 fully saturated rings. The number of amides is 1. The topological polar surface area (TPSA) is 55.6 Å². The highest BCUT2D eigenvalue weighted by atomic mass is 35.5. The van der Waals surface area contributed by atoms with E-state index in [4.69, 9.17) is 22.1 Å². The average Bonchev–Trinajstić information content (AvgIpc) is 2.85. The summed E-state index contributed by atoms with van der Waals surface area (Å²) < 4.78 is 6.18. The number of halogens is 1. The van der Waals surface area contributed by atoms with Crippen LogP contribution in [0.1, 0.15) is 75.2 Å². The molecule has 0 saturated carbocycles. The Kier molecular flexibility index (Phi) is 13.9. The van der Waals surface area contributed by atoms with Gasteiger partial charge in [0.15, 0.2) is 0 Å². The SMILES string of the molecule is CCN(CCCC/C=C/C[C@H](C)[C@@H](C)S)c1cc(C(N)=O)ccc1OCCCCc1cccc(Cl)c1. The molecule has 0 aliphatic rings. The Hall–Kier alpha value is -2.11. The fourth-order valence-corrected chi connectivity index (χ4v) is 4.32. The number of allylic oxidation sites excluding steroid dienone is 2. The molecule has 0 aromatic heterocycles. The van der Waals surface area contributed by atoms with Crippen LogP contribution in [0.15, 0.2) is 54.6 Å². The molecule has 0 spiro atoms. The van der Waals surface area contributed by atoms with E-state index < -0.39 is 5.91 Å². The number of benzene rings is 2. The van der Waals surface area contributed by atoms with E-state index >= 15 is 0 Å². The summed E-state index contributed by atoms with van der Waals surface area (Å²) >= 11 is 10.6. The molecule has 4 nitrogen and oxygen atoms in total. The molecule has 2 rings (SSSR count). The molecule has 2 atom stereocenters. The summed E-state index contributed by atoms with van der Waals surface area (Å²) in [6.45, 7) is 8.87. The van der Waals surface area contributed by atoms with E-state index in [1.165, 1.54) is 5.56 Å². The molecule has 36 heavy (non-hydrogen) atoms. The monoisotopic (exact) mass is 530 g/mol. The van der Waals surface area contributed by atoms with E-state index in [-0.39, 0.29) is 0 Å². The normalized spacial score (nSPS) is 13.0. The van der Waals surface area contributed by atoms with Gasteiger partial charge in [0.05, 0.1) is 12.3 Å². The highest BCUT2D eigenvalue weighted by molar-refractivity contribution is 7.80. The second-order valence-corrected chi connectivity index (χ2v) is 10.7. The summed E-state index contributed by atoms with van der Waals surface area (Å²) in [5, 5.41) is 1.19. The first-order valence-electron chi connectivity index (χ1n) is 13.2. The molecule has 0 aliphatic heterocycles. The van der Waals surface area contributed by atoms with Crippen molar-refractivity contribution in [1.29, 1.82) is 0 Å². The van der Waals surface area contributed by atoms with Gasteiger partial charge in [-0.2, -0.15) is 12.6 Å². The highest BCUT2D eigenvalue weighted by Gasteiger charge is 2.14. The molecule has 198 valence electrons. The number of nitrogens with two attached hydrogens (primary N) is 1. The molecule has 2 aromatic carbocycles. The third-order valence-electron chi connectivity index (χ3n) is 6.52. The number of primary amides is 1. The molecule has 0 radical (unpaired) electrons. The minimum Gasteiger partial charge on any atom is -0.491 e. The minimum absolute atomic E-state index is 0.420. The van der Waals surface area contributed by atoms with Gasteiger partial charge in [0.25, 0.3) is 0 Å². The van der Waals surface area contributed by atoms with Crippen molar-refractivity contribution >= 4 is 35.8 Å². The number of unbranched alkanes of at least 4 members (excludes halogenated alkanes) is 3. The van der Waals surface area contributed by atoms with Gasteiger partial charge in [0.1, 0.15) is 5.75 Å². The number of anilines is 1. The van der Waals surface area contributed by atoms with Crippen molar-refractivity contribution in [1.82, 2.24) is 0 Å². The van der Waals surface area contributed by atoms with Crippen molar-refractivity contribution < 1.29 is 9.53 Å². The zero-order valence-corrected chi connectivity index (χ0v) is 23.7. The van der Waals surface area contributed by atoms with Gasteiger partial charge < -0.3 is 15.4 Å². The number of hydrogen-bond acceptors (Lipinski definition) is 4. The number of carbonyl (C=O) groups excluding carboxylic acids is 1. The molecule has 0 saturated heterocycles. The molecule has 0 aliphatic carbocycles. The fourth-order valence-electron chi connectivity index (χ4n) is 3.99. The first kappa shape index (κ1) is 30.1. The molecule has 0 bridgehead atoms. The van der Waals surface area contributed by atoms with Gasteiger partial charge in [0, 0.05) is 28.9 Å². The minimum atomic E-state index is -0.421. The maximum Gasteiger partial charge on any atom is 0.248 e. The van der Waals surface area contributed by atoms with Gasteiger partial charge in [-0.3, -0.25) is 4.79 Å². The van der Waals surface area contributed by atoms with Crippen molar-refractivity contribution in [3.8, 4) is 5.75 Å². The molecular formula is C30H43ClN2O2S. The smallest absolute Gasteiger partial charge is 0.248 e. The molecule has 1 amide bonds. The highest BCUT2D eigenvalue weighted by Crippen LogP contribution is 2.30. The lowest BCUT2D eigenvalue weighted by Crippen LogP contribution is -2.25. The van der Waals surface area contributed by atoms with Gasteiger partial charge in [-0.1, -0.05) is 49.7 Å². The van der Waals surface area contributed by atoms with Crippen LogP contribution in [-0.2, 0) is 6.42 Å². The molecular weight excluding hydrogens is 488 g/mol. The number of aryl methyl sites for hydroxylation is 1. The summed E-state index contributed by atoms with van der Waals surface area (Å²) in [5.41, 5.74) is 8.26. The fraction of sp³-hybridized carbons (Fsp3) is 0.500. The Balaban J connectivity index is 1.88. The van der Waals surface area contributed by atoms with E-state index in [0.717, 1.165) is 74.5 Å². The largest absolute Gasteiger partial charge is 0.491 e. The summed E-state index contributed by atoms with van der Waals surface area (Å²) in [5.74, 6) is 0.975. The quantitative estimate of drug-likeness (QED) is 0.125. The Bertz CT molecular complexity index is 964. The molecule has 0 heterocycles. The van der Waals surface area contributed by atoms with Crippen molar-refractivity contribution in [3.05, 3.63) is 70.8 Å². The maximum atomic E-state index is 11.8. The second-order valence-electron chi connectivity index (χ2n) is 9.48. The summed E-state index contributed by atoms with van der Waals surface area (Å²) in [6, 6.07) is 13.5. The van der Waals surface area contributed by atoms with Crippen molar-refractivity contribution in [3.63, 3.8) is 0 Å². The van der Waals surface area contributed by atoms with Crippen LogP contribution < -0.4 is 15.4 Å². The van der Waals surface area contributed by atoms with E-state index in [2.05, 4.69) is 56.5 Å². The number of ether oxygens (including phenoxy) is 1. The van der Waals surface area contributed by atoms with Crippen molar-refractivity contribution in [2.45, 2.75) is 71.0 Å². The van der Waals surface area contributed by atoms with Gasteiger partial charge in [0.2, 0.25) is 5.91 Å². The van der Waals surface area contributed by atoms with E-state index in [1.54, 1.807) is 6.07 Å². The number of nitrogens with zero attached hydrogens (tertiary/aromatic N) is 1. The molecule has 2 N–H and O–H groups in total. The zero-order chi connectivity index (χ0) is 26.3. The predicted octanol–water partition coefficient (Wildman–Crippen LogP) is 7.74. The van der Waals surface area contributed by atoms with Crippen LogP contribution in [0, 0.1) is 5.92 Å². The second kappa shape index (κ2) is 16.6. The van der Waals surface area contributed by atoms with Gasteiger partial charge in [-0.25, -0.2) is 0 Å². The summed E-state index contributed by atoms with van der Waals surface area (Å²) in [7, 11) is 0. The molecule has 0 unspecified atom stereocenters. The van der Waals surface area contributed by atoms with Gasteiger partial charge in [-0.15, -0.1) is 0 Å². The number of carbonyl (C=O) groups is 1. The Morgan fingerprint density at radius 3 is 2.61 bits per heavy atom. The lowest BCUT2D eigenvalue weighted by atomic mass is 10.0. The Morgan fingerprint density at radius 2 is 1.92 bits per heavy atom. The third-order valence-corrected chi connectivity index (χ3v) is 7.26. The van der Waals surface area contributed by atoms with Gasteiger partial charge >= 0.3 is 0 Å². The van der Waals surface area contributed by atoms with Crippen LogP contribution in [-0.4, -0.2) is 30.9 Å². The van der Waals surface area contributed by atoms with Crippen LogP contribution in [0.4, 0.5) is 5.69 Å². The lowest BCUT2D eigenvalue weighted by Gasteiger charge is -2.26. The van der Waals surface area contributed by atoms with Crippen LogP contribution in [0.2, 0.25) is 5.02 Å². The lowest BCUT2D eigenvalue weighted by molar-refractivity contribution is 0.100. The average molecular weight is 531 g/mol. The first-order valence-corrected chi connectivity index (χ1v) is 14.1. The van der Waals surface area contributed by atoms with Crippen LogP contribution in [0.3, 0.4) is 0 Å². The standard InChI is InChI=1S/C30H43ClN2O2S/c1-4-33(19-10-7-5-6-8-13-23(2)24(3)36)28-22-26(30(32)34)17-18-29(28)35-20-11-9-14-25-15-12-16-27(31)21-25/h6,8,12,15-18,21-24,36H,4-5,7,9-11,13-14,19-20H2,1-3H3,(H2,32,34)/b8-6+/t23-,24+/m0/s1. The van der Waals surface area contributed by atoms with Crippen LogP contribution >= 0.6 is 24.2 Å². The third kappa shape index (κ3) is 10.9. The molecule has 6 heteroatoms. The Labute approximate surface area is 228 Å². The zero-order valence-electron chi connectivity index (χ0n) is 22.1. The molecule has 2 aromatic rings. The van der Waals surface area contributed by atoms with Crippen LogP contribution in [0.25, 0.3) is 0 Å². The maximum absolute atomic E-state index is 11.8. The van der Waals surface area contributed by atoms with Crippen molar-refractivity contribution in [2.75, 3.05) is 24.6 Å². The van der Waals surface area contributed by atoms with Crippen LogP contribution in [0.5, 0.6) is 5.75 Å². The predicted molar refractivity (Wildman–Crippen MR) is 158 cm³/mol. The summed E-state index contributed by atoms with van der Waals surface area (Å²) in [4.78, 5) is 14.1. The number of thiol groups is 1. The van der Waals surface area contributed by atoms with E-state index in [1.807, 2.05) is 30.3 Å². The first-order chi connectivity index (χ1) is 17.3. The number of hydrogen-bond donors (Lipinski definition) is 2. The van der Waals surface area contributed by atoms with Crippen molar-refractivity contribution in [2.24, 2.45) is 11.7 Å². The summed E-state index contributed by atoms with van der Waals surface area (Å²) in [6.07, 6.45) is 11.8. The Morgan fingerprint density at radius 1 is 1.11 bits per heavy atom. The van der Waals surface area contributed by atoms with Gasteiger partial charge in [-0.05, 0) is 93.7 Å².